The molecule has 6 heteroatoms. The lowest BCUT2D eigenvalue weighted by Gasteiger charge is -2.18. The first-order chi connectivity index (χ1) is 8.97. The second kappa shape index (κ2) is 5.26. The van der Waals surface area contributed by atoms with E-state index in [4.69, 9.17) is 5.11 Å². The van der Waals surface area contributed by atoms with Crippen molar-refractivity contribution in [3.8, 4) is 0 Å². The Morgan fingerprint density at radius 1 is 1.47 bits per heavy atom. The van der Waals surface area contributed by atoms with Gasteiger partial charge in [-0.05, 0) is 31.9 Å². The Kier molecular flexibility index (Phi) is 3.69. The Bertz CT molecular complexity index is 512. The molecule has 6 nitrogen and oxygen atoms in total. The molecule has 1 saturated carbocycles. The number of aryl methyl sites for hydroxylation is 1. The van der Waals surface area contributed by atoms with Crippen LogP contribution >= 0.6 is 0 Å². The molecule has 0 saturated heterocycles. The number of nitrogens with zero attached hydrogens (tertiary/aromatic N) is 2. The van der Waals surface area contributed by atoms with E-state index in [9.17, 15) is 9.59 Å². The lowest BCUT2D eigenvalue weighted by molar-refractivity contribution is -0.119. The summed E-state index contributed by atoms with van der Waals surface area (Å²) in [6.07, 6.45) is 2.11. The summed E-state index contributed by atoms with van der Waals surface area (Å²) < 4.78 is 0. The maximum Gasteiger partial charge on any atom is 0.337 e. The van der Waals surface area contributed by atoms with Gasteiger partial charge in [0.15, 0.2) is 0 Å². The summed E-state index contributed by atoms with van der Waals surface area (Å²) in [5, 5.41) is 11.8. The second-order valence-electron chi connectivity index (χ2n) is 4.81. The first kappa shape index (κ1) is 13.3. The van der Waals surface area contributed by atoms with Crippen molar-refractivity contribution in [1.29, 1.82) is 0 Å². The van der Waals surface area contributed by atoms with Gasteiger partial charge in [0.05, 0.1) is 17.8 Å². The van der Waals surface area contributed by atoms with Gasteiger partial charge in [0.25, 0.3) is 0 Å². The van der Waals surface area contributed by atoms with Crippen molar-refractivity contribution in [2.75, 3.05) is 18.5 Å². The van der Waals surface area contributed by atoms with Gasteiger partial charge < -0.3 is 15.3 Å². The quantitative estimate of drug-likeness (QED) is 0.821. The lowest BCUT2D eigenvalue weighted by atomic mass is 10.2. The van der Waals surface area contributed by atoms with Crippen LogP contribution < -0.4 is 10.2 Å². The summed E-state index contributed by atoms with van der Waals surface area (Å²) in [5.41, 5.74) is 0.624. The van der Waals surface area contributed by atoms with E-state index in [-0.39, 0.29) is 18.0 Å². The minimum atomic E-state index is -0.995. The van der Waals surface area contributed by atoms with Crippen molar-refractivity contribution < 1.29 is 14.7 Å². The first-order valence-electron chi connectivity index (χ1n) is 6.19. The smallest absolute Gasteiger partial charge is 0.337 e. The Morgan fingerprint density at radius 3 is 2.68 bits per heavy atom. The molecule has 19 heavy (non-hydrogen) atoms. The summed E-state index contributed by atoms with van der Waals surface area (Å²) in [6, 6.07) is 3.46. The molecule has 0 radical (unpaired) electrons. The highest BCUT2D eigenvalue weighted by atomic mass is 16.4. The fourth-order valence-electron chi connectivity index (χ4n) is 1.78. The van der Waals surface area contributed by atoms with E-state index in [0.29, 0.717) is 17.6 Å². The van der Waals surface area contributed by atoms with Crippen LogP contribution in [-0.4, -0.2) is 41.6 Å². The molecule has 0 spiro atoms. The van der Waals surface area contributed by atoms with Crippen LogP contribution in [0.3, 0.4) is 0 Å². The average molecular weight is 263 g/mol. The normalized spacial score (nSPS) is 14.0. The molecule has 1 aliphatic carbocycles. The van der Waals surface area contributed by atoms with Gasteiger partial charge in [-0.25, -0.2) is 9.78 Å². The van der Waals surface area contributed by atoms with Crippen molar-refractivity contribution in [2.45, 2.75) is 25.8 Å². The second-order valence-corrected chi connectivity index (χ2v) is 4.81. The number of carbonyl (C=O) groups excluding carboxylic acids is 1. The Balaban J connectivity index is 2.01. The first-order valence-corrected chi connectivity index (χ1v) is 6.19. The van der Waals surface area contributed by atoms with Crippen LogP contribution in [0, 0.1) is 6.92 Å². The molecule has 102 valence electrons. The molecule has 2 rings (SSSR count). The number of hydrogen-bond acceptors (Lipinski definition) is 4. The topological polar surface area (TPSA) is 82.5 Å². The van der Waals surface area contributed by atoms with Gasteiger partial charge in [-0.1, -0.05) is 0 Å². The van der Waals surface area contributed by atoms with Crippen LogP contribution in [0.4, 0.5) is 5.82 Å². The highest BCUT2D eigenvalue weighted by Gasteiger charge is 2.23. The number of likely N-dealkylation sites (N-methyl/N-ethyl adjacent to an activating group) is 1. The van der Waals surface area contributed by atoms with Crippen LogP contribution in [0.15, 0.2) is 12.1 Å². The summed E-state index contributed by atoms with van der Waals surface area (Å²) in [7, 11) is 1.76. The molecule has 1 aliphatic rings. The van der Waals surface area contributed by atoms with Crippen molar-refractivity contribution in [3.63, 3.8) is 0 Å². The fourth-order valence-corrected chi connectivity index (χ4v) is 1.78. The number of pyridine rings is 1. The van der Waals surface area contributed by atoms with Gasteiger partial charge in [-0.2, -0.15) is 0 Å². The molecule has 1 fully saturated rings. The number of amides is 1. The highest BCUT2D eigenvalue weighted by molar-refractivity contribution is 5.89. The third-order valence-corrected chi connectivity index (χ3v) is 3.02. The number of carboxylic acids is 1. The standard InChI is InChI=1S/C13H17N3O3/c1-8-10(13(18)19)5-6-11(14-8)16(2)7-12(17)15-9-3-4-9/h5-6,9H,3-4,7H2,1-2H3,(H,15,17)(H,18,19). The van der Waals surface area contributed by atoms with E-state index in [1.54, 1.807) is 24.9 Å². The van der Waals surface area contributed by atoms with E-state index in [1.165, 1.54) is 6.07 Å². The number of aromatic carboxylic acids is 1. The van der Waals surface area contributed by atoms with Crippen LogP contribution in [0.1, 0.15) is 28.9 Å². The van der Waals surface area contributed by atoms with E-state index >= 15 is 0 Å². The molecular formula is C13H17N3O3. The monoisotopic (exact) mass is 263 g/mol. The number of carbonyl (C=O) groups is 2. The summed E-state index contributed by atoms with van der Waals surface area (Å²) in [4.78, 5) is 28.5. The predicted molar refractivity (Wildman–Crippen MR) is 70.4 cm³/mol. The van der Waals surface area contributed by atoms with Crippen molar-refractivity contribution in [3.05, 3.63) is 23.4 Å². The maximum atomic E-state index is 11.7. The number of carboxylic acid groups (broad SMARTS) is 1. The SMILES string of the molecule is Cc1nc(N(C)CC(=O)NC2CC2)ccc1C(=O)O. The zero-order chi connectivity index (χ0) is 14.0. The number of rotatable bonds is 5. The molecule has 1 amide bonds. The summed E-state index contributed by atoms with van der Waals surface area (Å²) in [6.45, 7) is 1.86. The van der Waals surface area contributed by atoms with Gasteiger partial charge in [0.1, 0.15) is 5.82 Å². The molecule has 0 bridgehead atoms. The maximum absolute atomic E-state index is 11.7. The van der Waals surface area contributed by atoms with Gasteiger partial charge in [0, 0.05) is 13.1 Å². The molecular weight excluding hydrogens is 246 g/mol. The van der Waals surface area contributed by atoms with Gasteiger partial charge >= 0.3 is 5.97 Å². The van der Waals surface area contributed by atoms with Gasteiger partial charge in [0.2, 0.25) is 5.91 Å². The van der Waals surface area contributed by atoms with Gasteiger partial charge in [-0.3, -0.25) is 4.79 Å². The van der Waals surface area contributed by atoms with E-state index in [1.807, 2.05) is 0 Å². The third-order valence-electron chi connectivity index (χ3n) is 3.02. The average Bonchev–Trinajstić information content (AvgIpc) is 3.11. The molecule has 0 unspecified atom stereocenters. The predicted octanol–water partition coefficient (Wildman–Crippen LogP) is 0.803. The molecule has 0 aromatic carbocycles. The zero-order valence-electron chi connectivity index (χ0n) is 11.0. The van der Waals surface area contributed by atoms with E-state index < -0.39 is 5.97 Å². The fraction of sp³-hybridized carbons (Fsp3) is 0.462. The Morgan fingerprint density at radius 2 is 2.16 bits per heavy atom. The lowest BCUT2D eigenvalue weighted by Crippen LogP contribution is -2.36. The van der Waals surface area contributed by atoms with E-state index in [2.05, 4.69) is 10.3 Å². The Hall–Kier alpha value is -2.11. The van der Waals surface area contributed by atoms with Crippen molar-refractivity contribution in [2.24, 2.45) is 0 Å². The van der Waals surface area contributed by atoms with E-state index in [0.717, 1.165) is 12.8 Å². The third kappa shape index (κ3) is 3.43. The van der Waals surface area contributed by atoms with Crippen LogP contribution in [-0.2, 0) is 4.79 Å². The Labute approximate surface area is 111 Å². The number of nitrogens with one attached hydrogen (secondary N) is 1. The highest BCUT2D eigenvalue weighted by Crippen LogP contribution is 2.18. The zero-order valence-corrected chi connectivity index (χ0v) is 11.0. The molecule has 2 N–H and O–H groups in total. The summed E-state index contributed by atoms with van der Waals surface area (Å²) >= 11 is 0. The van der Waals surface area contributed by atoms with Crippen LogP contribution in [0.25, 0.3) is 0 Å². The van der Waals surface area contributed by atoms with Gasteiger partial charge in [-0.15, -0.1) is 0 Å². The van der Waals surface area contributed by atoms with Crippen molar-refractivity contribution in [1.82, 2.24) is 10.3 Å². The van der Waals surface area contributed by atoms with Crippen LogP contribution in [0.5, 0.6) is 0 Å². The van der Waals surface area contributed by atoms with Crippen LogP contribution in [0.2, 0.25) is 0 Å². The molecule has 1 aromatic rings. The number of anilines is 1. The number of aromatic nitrogens is 1. The largest absolute Gasteiger partial charge is 0.478 e. The molecule has 1 aromatic heterocycles. The molecule has 0 aliphatic heterocycles. The summed E-state index contributed by atoms with van der Waals surface area (Å²) in [5.74, 6) is -0.439. The van der Waals surface area contributed by atoms with Crippen molar-refractivity contribution >= 4 is 17.7 Å². The minimum Gasteiger partial charge on any atom is -0.478 e. The minimum absolute atomic E-state index is 0.0354. The number of hydrogen-bond donors (Lipinski definition) is 2. The molecule has 1 heterocycles. The molecule has 0 atom stereocenters.